The van der Waals surface area contributed by atoms with Gasteiger partial charge in [-0.25, -0.2) is 9.86 Å². The lowest BCUT2D eigenvalue weighted by atomic mass is 10.2. The first-order valence-corrected chi connectivity index (χ1v) is 5.93. The van der Waals surface area contributed by atoms with Gasteiger partial charge < -0.3 is 4.98 Å². The van der Waals surface area contributed by atoms with Gasteiger partial charge in [0.2, 0.25) is 0 Å². The third-order valence-corrected chi connectivity index (χ3v) is 2.54. The van der Waals surface area contributed by atoms with Crippen molar-refractivity contribution in [3.8, 4) is 0 Å². The summed E-state index contributed by atoms with van der Waals surface area (Å²) in [6.45, 7) is 0. The summed E-state index contributed by atoms with van der Waals surface area (Å²) in [6, 6.07) is 7.05. The maximum Gasteiger partial charge on any atom is 0.298 e. The molecule has 0 aliphatic heterocycles. The summed E-state index contributed by atoms with van der Waals surface area (Å²) in [5.41, 5.74) is 0.992. The average Bonchev–Trinajstić information content (AvgIpc) is 2.58. The van der Waals surface area contributed by atoms with Gasteiger partial charge in [0.05, 0.1) is 5.56 Å². The van der Waals surface area contributed by atoms with E-state index in [1.807, 2.05) is 0 Å². The number of carbonyl (C=O) groups excluding carboxylic acids is 1. The summed E-state index contributed by atoms with van der Waals surface area (Å²) in [6.07, 6.45) is 1.44. The summed E-state index contributed by atoms with van der Waals surface area (Å²) in [7, 11) is -4.03. The van der Waals surface area contributed by atoms with Gasteiger partial charge in [0.1, 0.15) is 0 Å². The van der Waals surface area contributed by atoms with Crippen molar-refractivity contribution in [2.75, 3.05) is 0 Å². The van der Waals surface area contributed by atoms with Crippen LogP contribution in [0, 0.1) is 0 Å². The van der Waals surface area contributed by atoms with E-state index >= 15 is 0 Å². The number of hydrogen-bond donors (Lipinski definition) is 3. The predicted molar refractivity (Wildman–Crippen MR) is 58.9 cm³/mol. The minimum atomic E-state index is -4.03. The molecule has 0 spiro atoms. The molecule has 0 saturated carbocycles. The van der Waals surface area contributed by atoms with Gasteiger partial charge in [0.15, 0.2) is 0 Å². The van der Waals surface area contributed by atoms with Crippen LogP contribution in [-0.2, 0) is 10.2 Å². The number of benzene rings is 1. The molecule has 1 heterocycles. The van der Waals surface area contributed by atoms with Gasteiger partial charge in [-0.1, -0.05) is 18.2 Å². The number of carbonyl (C=O) groups is 1. The summed E-state index contributed by atoms with van der Waals surface area (Å²) in [5.74, 6) is -0.750. The van der Waals surface area contributed by atoms with E-state index in [1.165, 1.54) is 6.20 Å². The van der Waals surface area contributed by atoms with Crippen molar-refractivity contribution in [3.63, 3.8) is 0 Å². The third-order valence-electron chi connectivity index (χ3n) is 2.07. The van der Waals surface area contributed by atoms with E-state index in [0.717, 1.165) is 5.52 Å². The molecule has 0 radical (unpaired) electrons. The fourth-order valence-corrected chi connectivity index (χ4v) is 1.81. The Morgan fingerprint density at radius 2 is 2.00 bits per heavy atom. The van der Waals surface area contributed by atoms with Gasteiger partial charge in [0.25, 0.3) is 16.1 Å². The molecule has 84 valence electrons. The molecule has 1 aromatic heterocycles. The lowest BCUT2D eigenvalue weighted by molar-refractivity contribution is 0.0983. The second-order valence-electron chi connectivity index (χ2n) is 3.22. The summed E-state index contributed by atoms with van der Waals surface area (Å²) in [4.78, 5) is 14.4. The Bertz CT molecular complexity index is 645. The first-order valence-electron chi connectivity index (χ1n) is 4.38. The Morgan fingerprint density at radius 3 is 2.69 bits per heavy atom. The second-order valence-corrected chi connectivity index (χ2v) is 4.52. The molecule has 6 nitrogen and oxygen atoms in total. The largest absolute Gasteiger partial charge is 0.360 e. The van der Waals surface area contributed by atoms with E-state index < -0.39 is 16.1 Å². The molecular formula is C9H9N3O3S. The fourth-order valence-electron chi connectivity index (χ4n) is 1.44. The normalized spacial score (nSPS) is 11.6. The number of amides is 1. The highest BCUT2D eigenvalue weighted by Gasteiger charge is 2.15. The van der Waals surface area contributed by atoms with E-state index in [9.17, 15) is 13.2 Å². The molecule has 0 aliphatic carbocycles. The van der Waals surface area contributed by atoms with E-state index in [4.69, 9.17) is 5.14 Å². The second kappa shape index (κ2) is 3.62. The topological polar surface area (TPSA) is 105 Å². The van der Waals surface area contributed by atoms with E-state index in [0.29, 0.717) is 5.39 Å². The Kier molecular flexibility index (Phi) is 2.41. The van der Waals surface area contributed by atoms with Crippen LogP contribution in [0.4, 0.5) is 0 Å². The number of nitrogens with two attached hydrogens (primary N) is 1. The Morgan fingerprint density at radius 1 is 1.31 bits per heavy atom. The minimum absolute atomic E-state index is 0.240. The van der Waals surface area contributed by atoms with Crippen molar-refractivity contribution in [1.29, 1.82) is 0 Å². The average molecular weight is 239 g/mol. The highest BCUT2D eigenvalue weighted by molar-refractivity contribution is 7.87. The number of H-pyrrole nitrogens is 1. The highest BCUT2D eigenvalue weighted by Crippen LogP contribution is 2.17. The van der Waals surface area contributed by atoms with Gasteiger partial charge in [-0.05, 0) is 6.07 Å². The first-order chi connectivity index (χ1) is 7.47. The van der Waals surface area contributed by atoms with Gasteiger partial charge in [-0.2, -0.15) is 8.42 Å². The van der Waals surface area contributed by atoms with Crippen LogP contribution in [-0.4, -0.2) is 19.3 Å². The van der Waals surface area contributed by atoms with Crippen LogP contribution in [0.1, 0.15) is 10.4 Å². The Balaban J connectivity index is 2.45. The molecule has 0 bridgehead atoms. The number of para-hydroxylation sites is 1. The van der Waals surface area contributed by atoms with Crippen molar-refractivity contribution in [2.45, 2.75) is 0 Å². The van der Waals surface area contributed by atoms with Crippen molar-refractivity contribution in [2.24, 2.45) is 5.14 Å². The molecule has 1 amide bonds. The van der Waals surface area contributed by atoms with Gasteiger partial charge >= 0.3 is 0 Å². The molecule has 0 unspecified atom stereocenters. The molecule has 0 atom stereocenters. The molecule has 16 heavy (non-hydrogen) atoms. The zero-order chi connectivity index (χ0) is 11.8. The summed E-state index contributed by atoms with van der Waals surface area (Å²) < 4.78 is 23.1. The van der Waals surface area contributed by atoms with E-state index in [2.05, 4.69) is 4.98 Å². The maximum atomic E-state index is 11.5. The highest BCUT2D eigenvalue weighted by atomic mass is 32.2. The van der Waals surface area contributed by atoms with Crippen LogP contribution in [0.15, 0.2) is 30.5 Å². The number of aromatic amines is 1. The van der Waals surface area contributed by atoms with Crippen LogP contribution in [0.5, 0.6) is 0 Å². The molecule has 7 heteroatoms. The molecule has 0 aliphatic rings. The quantitative estimate of drug-likeness (QED) is 0.692. The number of nitrogens with one attached hydrogen (secondary N) is 2. The molecular weight excluding hydrogens is 230 g/mol. The van der Waals surface area contributed by atoms with Gasteiger partial charge in [0, 0.05) is 17.1 Å². The number of rotatable bonds is 2. The maximum absolute atomic E-state index is 11.5. The zero-order valence-electron chi connectivity index (χ0n) is 8.10. The fraction of sp³-hybridized carbons (Fsp3) is 0. The molecule has 0 fully saturated rings. The van der Waals surface area contributed by atoms with E-state index in [-0.39, 0.29) is 5.56 Å². The minimum Gasteiger partial charge on any atom is -0.360 e. The lowest BCUT2D eigenvalue weighted by Gasteiger charge is -2.00. The Hall–Kier alpha value is -1.86. The molecule has 0 saturated heterocycles. The zero-order valence-corrected chi connectivity index (χ0v) is 8.91. The smallest absolute Gasteiger partial charge is 0.298 e. The van der Waals surface area contributed by atoms with Crippen LogP contribution in [0.25, 0.3) is 10.9 Å². The first kappa shape index (κ1) is 10.7. The third kappa shape index (κ3) is 2.05. The number of hydrogen-bond acceptors (Lipinski definition) is 3. The van der Waals surface area contributed by atoms with Gasteiger partial charge in [-0.15, -0.1) is 0 Å². The lowest BCUT2D eigenvalue weighted by Crippen LogP contribution is -2.35. The monoisotopic (exact) mass is 239 g/mol. The molecule has 2 rings (SSSR count). The molecule has 1 aromatic carbocycles. The van der Waals surface area contributed by atoms with Crippen LogP contribution in [0.3, 0.4) is 0 Å². The summed E-state index contributed by atoms with van der Waals surface area (Å²) >= 11 is 0. The molecule has 2 aromatic rings. The van der Waals surface area contributed by atoms with Crippen molar-refractivity contribution in [3.05, 3.63) is 36.0 Å². The SMILES string of the molecule is NS(=O)(=O)NC(=O)c1c[nH]c2ccccc12. The van der Waals surface area contributed by atoms with Crippen LogP contribution < -0.4 is 9.86 Å². The van der Waals surface area contributed by atoms with E-state index in [1.54, 1.807) is 29.0 Å². The predicted octanol–water partition coefficient (Wildman–Crippen LogP) is 0.101. The van der Waals surface area contributed by atoms with Gasteiger partial charge in [-0.3, -0.25) is 4.79 Å². The van der Waals surface area contributed by atoms with Crippen molar-refractivity contribution >= 4 is 27.0 Å². The van der Waals surface area contributed by atoms with Crippen LogP contribution >= 0.6 is 0 Å². The number of aromatic nitrogens is 1. The van der Waals surface area contributed by atoms with Crippen LogP contribution in [0.2, 0.25) is 0 Å². The standard InChI is InChI=1S/C9H9N3O3S/c10-16(14,15)12-9(13)7-5-11-8-4-2-1-3-6(7)8/h1-5,11H,(H,12,13)(H2,10,14,15). The number of fused-ring (bicyclic) bond motifs is 1. The molecule has 4 N–H and O–H groups in total. The summed E-state index contributed by atoms with van der Waals surface area (Å²) in [5, 5.41) is 5.36. The Labute approximate surface area is 91.6 Å². The van der Waals surface area contributed by atoms with Crippen molar-refractivity contribution < 1.29 is 13.2 Å². The van der Waals surface area contributed by atoms with Crippen molar-refractivity contribution in [1.82, 2.24) is 9.71 Å².